The smallest absolute Gasteiger partial charge is 0.169 e. The third kappa shape index (κ3) is 2.23. The van der Waals surface area contributed by atoms with Gasteiger partial charge in [0.25, 0.3) is 0 Å². The van der Waals surface area contributed by atoms with Gasteiger partial charge in [0, 0.05) is 6.07 Å². The van der Waals surface area contributed by atoms with Gasteiger partial charge in [-0.25, -0.2) is 4.39 Å². The Hall–Kier alpha value is -0.810. The summed E-state index contributed by atoms with van der Waals surface area (Å²) in [5, 5.41) is 9.46. The standard InChI is InChI=1S/C10H12BrFO3/c1-5(13)8-9(12)6(11)4-7(14-2)10(8)15-3/h4-5,13H,1-3H3. The molecule has 1 aromatic rings. The van der Waals surface area contributed by atoms with Crippen LogP contribution in [0.25, 0.3) is 0 Å². The zero-order valence-corrected chi connectivity index (χ0v) is 10.3. The molecule has 0 fully saturated rings. The number of rotatable bonds is 3. The Balaban J connectivity index is 3.49. The molecule has 1 aromatic carbocycles. The first-order valence-electron chi connectivity index (χ1n) is 4.30. The lowest BCUT2D eigenvalue weighted by atomic mass is 10.1. The van der Waals surface area contributed by atoms with Gasteiger partial charge in [-0.1, -0.05) is 0 Å². The van der Waals surface area contributed by atoms with E-state index in [4.69, 9.17) is 9.47 Å². The van der Waals surface area contributed by atoms with E-state index < -0.39 is 11.9 Å². The monoisotopic (exact) mass is 278 g/mol. The van der Waals surface area contributed by atoms with Gasteiger partial charge in [0.05, 0.1) is 30.4 Å². The van der Waals surface area contributed by atoms with Crippen LogP contribution >= 0.6 is 15.9 Å². The van der Waals surface area contributed by atoms with Gasteiger partial charge in [-0.15, -0.1) is 0 Å². The van der Waals surface area contributed by atoms with Crippen molar-refractivity contribution in [2.24, 2.45) is 0 Å². The second-order valence-electron chi connectivity index (χ2n) is 3.00. The van der Waals surface area contributed by atoms with Gasteiger partial charge in [0.2, 0.25) is 0 Å². The molecule has 0 spiro atoms. The molecule has 0 aliphatic heterocycles. The maximum absolute atomic E-state index is 13.7. The summed E-state index contributed by atoms with van der Waals surface area (Å²) < 4.78 is 24.0. The van der Waals surface area contributed by atoms with Crippen molar-refractivity contribution in [3.05, 3.63) is 21.9 Å². The second kappa shape index (κ2) is 4.81. The molecule has 0 heterocycles. The van der Waals surface area contributed by atoms with E-state index in [-0.39, 0.29) is 15.8 Å². The number of methoxy groups -OCH3 is 2. The Morgan fingerprint density at radius 3 is 2.40 bits per heavy atom. The Labute approximate surface area is 95.9 Å². The molecule has 0 saturated heterocycles. The predicted molar refractivity (Wildman–Crippen MR) is 57.8 cm³/mol. The zero-order valence-electron chi connectivity index (χ0n) is 8.67. The molecule has 0 saturated carbocycles. The minimum absolute atomic E-state index is 0.0868. The lowest BCUT2D eigenvalue weighted by Gasteiger charge is -2.16. The molecule has 0 aliphatic rings. The molecule has 1 unspecified atom stereocenters. The van der Waals surface area contributed by atoms with Crippen LogP contribution in [0.1, 0.15) is 18.6 Å². The van der Waals surface area contributed by atoms with Crippen LogP contribution in [-0.4, -0.2) is 19.3 Å². The number of hydrogen-bond donors (Lipinski definition) is 1. The molecular weight excluding hydrogens is 267 g/mol. The predicted octanol–water partition coefficient (Wildman–Crippen LogP) is 2.66. The van der Waals surface area contributed by atoms with Crippen molar-refractivity contribution in [2.45, 2.75) is 13.0 Å². The fourth-order valence-electron chi connectivity index (χ4n) is 1.34. The topological polar surface area (TPSA) is 38.7 Å². The quantitative estimate of drug-likeness (QED) is 0.924. The van der Waals surface area contributed by atoms with Crippen molar-refractivity contribution < 1.29 is 19.0 Å². The summed E-state index contributed by atoms with van der Waals surface area (Å²) in [6.07, 6.45) is -0.966. The SMILES string of the molecule is COc1cc(Br)c(F)c(C(C)O)c1OC. The number of halogens is 2. The molecule has 0 aromatic heterocycles. The summed E-state index contributed by atoms with van der Waals surface area (Å²) in [4.78, 5) is 0. The summed E-state index contributed by atoms with van der Waals surface area (Å²) in [6.45, 7) is 1.47. The van der Waals surface area contributed by atoms with Crippen LogP contribution in [0, 0.1) is 5.82 Å². The Morgan fingerprint density at radius 1 is 1.40 bits per heavy atom. The molecule has 0 amide bonds. The van der Waals surface area contributed by atoms with Gasteiger partial charge in [-0.3, -0.25) is 0 Å². The van der Waals surface area contributed by atoms with Crippen LogP contribution in [0.3, 0.4) is 0 Å². The Morgan fingerprint density at radius 2 is 2.00 bits per heavy atom. The van der Waals surface area contributed by atoms with Crippen molar-refractivity contribution in [1.82, 2.24) is 0 Å². The van der Waals surface area contributed by atoms with E-state index in [2.05, 4.69) is 15.9 Å². The summed E-state index contributed by atoms with van der Waals surface area (Å²) in [5.41, 5.74) is 0.0868. The number of ether oxygens (including phenoxy) is 2. The Bertz CT molecular complexity index is 366. The van der Waals surface area contributed by atoms with Crippen molar-refractivity contribution in [2.75, 3.05) is 14.2 Å². The average Bonchev–Trinajstić information content (AvgIpc) is 2.20. The molecule has 0 aliphatic carbocycles. The maximum Gasteiger partial charge on any atom is 0.169 e. The van der Waals surface area contributed by atoms with Gasteiger partial charge in [0.1, 0.15) is 5.82 Å². The number of aliphatic hydroxyl groups is 1. The summed E-state index contributed by atoms with van der Waals surface area (Å²) >= 11 is 3.05. The average molecular weight is 279 g/mol. The summed E-state index contributed by atoms with van der Waals surface area (Å²) in [5.74, 6) is 0.0533. The van der Waals surface area contributed by atoms with Crippen molar-refractivity contribution in [3.63, 3.8) is 0 Å². The van der Waals surface area contributed by atoms with Crippen LogP contribution in [0.5, 0.6) is 11.5 Å². The van der Waals surface area contributed by atoms with Gasteiger partial charge in [0.15, 0.2) is 11.5 Å². The maximum atomic E-state index is 13.7. The molecular formula is C10H12BrFO3. The first-order chi connectivity index (χ1) is 7.02. The van der Waals surface area contributed by atoms with Crippen LogP contribution in [0.2, 0.25) is 0 Å². The van der Waals surface area contributed by atoms with Crippen LogP contribution < -0.4 is 9.47 Å². The molecule has 0 bridgehead atoms. The highest BCUT2D eigenvalue weighted by atomic mass is 79.9. The highest BCUT2D eigenvalue weighted by molar-refractivity contribution is 9.10. The lowest BCUT2D eigenvalue weighted by Crippen LogP contribution is -2.03. The minimum atomic E-state index is -0.966. The molecule has 3 nitrogen and oxygen atoms in total. The number of hydrogen-bond acceptors (Lipinski definition) is 3. The van der Waals surface area contributed by atoms with Crippen molar-refractivity contribution in [3.8, 4) is 11.5 Å². The van der Waals surface area contributed by atoms with E-state index in [9.17, 15) is 9.50 Å². The Kier molecular flexibility index (Phi) is 3.93. The largest absolute Gasteiger partial charge is 0.493 e. The summed E-state index contributed by atoms with van der Waals surface area (Å²) in [6, 6.07) is 1.46. The van der Waals surface area contributed by atoms with Gasteiger partial charge >= 0.3 is 0 Å². The van der Waals surface area contributed by atoms with Crippen LogP contribution in [0.15, 0.2) is 10.5 Å². The first kappa shape index (κ1) is 12.3. The van der Waals surface area contributed by atoms with Crippen LogP contribution in [0.4, 0.5) is 4.39 Å². The third-order valence-corrected chi connectivity index (χ3v) is 2.59. The second-order valence-corrected chi connectivity index (χ2v) is 3.85. The summed E-state index contributed by atoms with van der Waals surface area (Å²) in [7, 11) is 2.85. The van der Waals surface area contributed by atoms with Crippen molar-refractivity contribution >= 4 is 15.9 Å². The number of aliphatic hydroxyl groups excluding tert-OH is 1. The van der Waals surface area contributed by atoms with Gasteiger partial charge in [-0.05, 0) is 22.9 Å². The molecule has 1 rings (SSSR count). The number of benzene rings is 1. The fourth-order valence-corrected chi connectivity index (χ4v) is 1.76. The van der Waals surface area contributed by atoms with E-state index >= 15 is 0 Å². The highest BCUT2D eigenvalue weighted by Gasteiger charge is 2.21. The van der Waals surface area contributed by atoms with E-state index in [1.165, 1.54) is 27.2 Å². The molecule has 1 N–H and O–H groups in total. The first-order valence-corrected chi connectivity index (χ1v) is 5.10. The highest BCUT2D eigenvalue weighted by Crippen LogP contribution is 2.40. The van der Waals surface area contributed by atoms with E-state index in [0.29, 0.717) is 5.75 Å². The van der Waals surface area contributed by atoms with Gasteiger partial charge < -0.3 is 14.6 Å². The molecule has 84 valence electrons. The normalized spacial score (nSPS) is 12.4. The van der Waals surface area contributed by atoms with Crippen molar-refractivity contribution in [1.29, 1.82) is 0 Å². The lowest BCUT2D eigenvalue weighted by molar-refractivity contribution is 0.187. The third-order valence-electron chi connectivity index (χ3n) is 2.01. The van der Waals surface area contributed by atoms with E-state index in [1.807, 2.05) is 0 Å². The van der Waals surface area contributed by atoms with E-state index in [1.54, 1.807) is 0 Å². The molecule has 1 atom stereocenters. The minimum Gasteiger partial charge on any atom is -0.493 e. The fraction of sp³-hybridized carbons (Fsp3) is 0.400. The van der Waals surface area contributed by atoms with E-state index in [0.717, 1.165) is 0 Å². The van der Waals surface area contributed by atoms with Gasteiger partial charge in [-0.2, -0.15) is 0 Å². The molecule has 5 heteroatoms. The molecule has 15 heavy (non-hydrogen) atoms. The van der Waals surface area contributed by atoms with Crippen LogP contribution in [-0.2, 0) is 0 Å². The molecule has 0 radical (unpaired) electrons. The zero-order chi connectivity index (χ0) is 11.6.